The number of carbonyl (C=O) groups excluding carboxylic acids is 1. The lowest BCUT2D eigenvalue weighted by Crippen LogP contribution is -2.28. The number of aryl methyl sites for hydroxylation is 1. The lowest BCUT2D eigenvalue weighted by atomic mass is 10.0. The highest BCUT2D eigenvalue weighted by molar-refractivity contribution is 7.88. The Morgan fingerprint density at radius 3 is 2.75 bits per heavy atom. The zero-order chi connectivity index (χ0) is 14.8. The highest BCUT2D eigenvalue weighted by atomic mass is 32.2. The second kappa shape index (κ2) is 5.68. The molecule has 1 amide bonds. The van der Waals surface area contributed by atoms with Crippen molar-refractivity contribution in [1.29, 1.82) is 0 Å². The van der Waals surface area contributed by atoms with Crippen molar-refractivity contribution in [3.8, 4) is 0 Å². The van der Waals surface area contributed by atoms with E-state index in [-0.39, 0.29) is 12.5 Å². The van der Waals surface area contributed by atoms with Crippen molar-refractivity contribution in [2.24, 2.45) is 0 Å². The van der Waals surface area contributed by atoms with Crippen molar-refractivity contribution in [1.82, 2.24) is 4.72 Å². The maximum absolute atomic E-state index is 11.4. The predicted octanol–water partition coefficient (Wildman–Crippen LogP) is 0.115. The van der Waals surface area contributed by atoms with Gasteiger partial charge >= 0.3 is 0 Å². The van der Waals surface area contributed by atoms with Gasteiger partial charge in [-0.1, -0.05) is 0 Å². The van der Waals surface area contributed by atoms with E-state index in [1.54, 1.807) is 6.07 Å². The molecule has 1 aliphatic heterocycles. The lowest BCUT2D eigenvalue weighted by Gasteiger charge is -2.19. The van der Waals surface area contributed by atoms with E-state index in [9.17, 15) is 13.2 Å². The van der Waals surface area contributed by atoms with Gasteiger partial charge in [-0.25, -0.2) is 13.1 Å². The number of hydrogen-bond acceptors (Lipinski definition) is 5. The number of amides is 1. The molecule has 0 unspecified atom stereocenters. The quantitative estimate of drug-likeness (QED) is 0.455. The molecule has 0 bridgehead atoms. The Kier molecular flexibility index (Phi) is 4.15. The van der Waals surface area contributed by atoms with E-state index >= 15 is 0 Å². The van der Waals surface area contributed by atoms with Gasteiger partial charge in [-0.2, -0.15) is 0 Å². The van der Waals surface area contributed by atoms with Crippen LogP contribution in [0, 0.1) is 0 Å². The van der Waals surface area contributed by atoms with Gasteiger partial charge in [0.05, 0.1) is 17.6 Å². The number of carbonyl (C=O) groups is 1. The molecular formula is C12H18N4O3S. The molecule has 110 valence electrons. The summed E-state index contributed by atoms with van der Waals surface area (Å²) in [5.41, 5.74) is 8.97. The minimum Gasteiger partial charge on any atom is -0.397 e. The molecule has 0 radical (unpaired) electrons. The van der Waals surface area contributed by atoms with Crippen LogP contribution in [0.15, 0.2) is 12.1 Å². The Hall–Kier alpha value is -1.80. The number of fused-ring (bicyclic) bond motifs is 1. The average molecular weight is 298 g/mol. The van der Waals surface area contributed by atoms with Crippen LogP contribution in [-0.4, -0.2) is 33.7 Å². The molecule has 0 spiro atoms. The second-order valence-corrected chi connectivity index (χ2v) is 6.57. The van der Waals surface area contributed by atoms with Crippen LogP contribution in [0.3, 0.4) is 0 Å². The van der Waals surface area contributed by atoms with Gasteiger partial charge in [0.1, 0.15) is 0 Å². The molecule has 0 saturated heterocycles. The molecule has 0 aliphatic carbocycles. The van der Waals surface area contributed by atoms with E-state index in [0.717, 1.165) is 17.5 Å². The normalized spacial score (nSPS) is 14.6. The van der Waals surface area contributed by atoms with Crippen LogP contribution in [0.5, 0.6) is 0 Å². The SMILES string of the molecule is CS(=O)(=O)NCCNc1cc2c(cc1N)CCC(=O)N2. The molecule has 7 nitrogen and oxygen atoms in total. The first-order valence-electron chi connectivity index (χ1n) is 6.26. The molecular weight excluding hydrogens is 280 g/mol. The molecule has 20 heavy (non-hydrogen) atoms. The summed E-state index contributed by atoms with van der Waals surface area (Å²) >= 11 is 0. The van der Waals surface area contributed by atoms with Crippen molar-refractivity contribution in [2.45, 2.75) is 12.8 Å². The van der Waals surface area contributed by atoms with E-state index in [0.29, 0.717) is 30.8 Å². The summed E-state index contributed by atoms with van der Waals surface area (Å²) in [6, 6.07) is 3.61. The molecule has 1 aliphatic rings. The van der Waals surface area contributed by atoms with Crippen LogP contribution in [0.1, 0.15) is 12.0 Å². The highest BCUT2D eigenvalue weighted by Crippen LogP contribution is 2.30. The maximum Gasteiger partial charge on any atom is 0.224 e. The Balaban J connectivity index is 2.01. The standard InChI is InChI=1S/C12H18N4O3S/c1-20(18,19)15-5-4-14-11-7-10-8(6-9(11)13)2-3-12(17)16-10/h6-7,14-15H,2-5,13H2,1H3,(H,16,17). The molecule has 0 aromatic heterocycles. The van der Waals surface area contributed by atoms with Crippen LogP contribution in [0.25, 0.3) is 0 Å². The summed E-state index contributed by atoms with van der Waals surface area (Å²) < 4.78 is 24.2. The van der Waals surface area contributed by atoms with E-state index in [1.807, 2.05) is 6.07 Å². The summed E-state index contributed by atoms with van der Waals surface area (Å²) in [5, 5.41) is 5.84. The monoisotopic (exact) mass is 298 g/mol. The van der Waals surface area contributed by atoms with Crippen LogP contribution in [-0.2, 0) is 21.2 Å². The molecule has 8 heteroatoms. The van der Waals surface area contributed by atoms with Gasteiger partial charge in [0.25, 0.3) is 0 Å². The van der Waals surface area contributed by atoms with Crippen molar-refractivity contribution in [3.63, 3.8) is 0 Å². The number of sulfonamides is 1. The third kappa shape index (κ3) is 3.84. The molecule has 1 aromatic rings. The zero-order valence-corrected chi connectivity index (χ0v) is 12.0. The summed E-state index contributed by atoms with van der Waals surface area (Å²) in [6.07, 6.45) is 2.26. The van der Waals surface area contributed by atoms with E-state index < -0.39 is 10.0 Å². The fourth-order valence-corrected chi connectivity index (χ4v) is 2.51. The van der Waals surface area contributed by atoms with Crippen LogP contribution < -0.4 is 21.1 Å². The number of anilines is 3. The molecule has 1 heterocycles. The first-order valence-corrected chi connectivity index (χ1v) is 8.15. The Morgan fingerprint density at radius 1 is 1.30 bits per heavy atom. The first-order chi connectivity index (χ1) is 9.35. The van der Waals surface area contributed by atoms with Gasteiger partial charge in [0, 0.05) is 25.2 Å². The number of rotatable bonds is 5. The summed E-state index contributed by atoms with van der Waals surface area (Å²) in [6.45, 7) is 0.672. The summed E-state index contributed by atoms with van der Waals surface area (Å²) in [4.78, 5) is 11.4. The smallest absolute Gasteiger partial charge is 0.224 e. The summed E-state index contributed by atoms with van der Waals surface area (Å²) in [5.74, 6) is -0.00744. The number of benzene rings is 1. The minimum atomic E-state index is -3.19. The third-order valence-corrected chi connectivity index (χ3v) is 3.70. The number of nitrogen functional groups attached to an aromatic ring is 1. The van der Waals surface area contributed by atoms with Gasteiger partial charge in [-0.3, -0.25) is 4.79 Å². The van der Waals surface area contributed by atoms with Crippen LogP contribution in [0.4, 0.5) is 17.1 Å². The van der Waals surface area contributed by atoms with Gasteiger partial charge in [-0.05, 0) is 24.1 Å². The van der Waals surface area contributed by atoms with Gasteiger partial charge in [0.2, 0.25) is 15.9 Å². The minimum absolute atomic E-state index is 0.00744. The maximum atomic E-state index is 11.4. The van der Waals surface area contributed by atoms with Gasteiger partial charge in [0.15, 0.2) is 0 Å². The molecule has 2 rings (SSSR count). The third-order valence-electron chi connectivity index (χ3n) is 2.98. The fourth-order valence-electron chi connectivity index (χ4n) is 2.03. The van der Waals surface area contributed by atoms with E-state index in [1.165, 1.54) is 0 Å². The zero-order valence-electron chi connectivity index (χ0n) is 11.2. The van der Waals surface area contributed by atoms with Crippen molar-refractivity contribution in [2.75, 3.05) is 35.7 Å². The molecule has 1 aromatic carbocycles. The van der Waals surface area contributed by atoms with Crippen molar-refractivity contribution >= 4 is 33.0 Å². The van der Waals surface area contributed by atoms with Gasteiger partial charge < -0.3 is 16.4 Å². The number of nitrogens with one attached hydrogen (secondary N) is 3. The van der Waals surface area contributed by atoms with Crippen molar-refractivity contribution in [3.05, 3.63) is 17.7 Å². The van der Waals surface area contributed by atoms with Crippen LogP contribution >= 0.6 is 0 Å². The lowest BCUT2D eigenvalue weighted by molar-refractivity contribution is -0.116. The number of nitrogens with two attached hydrogens (primary N) is 1. The molecule has 5 N–H and O–H groups in total. The molecule has 0 atom stereocenters. The van der Waals surface area contributed by atoms with E-state index in [2.05, 4.69) is 15.4 Å². The Morgan fingerprint density at radius 2 is 2.05 bits per heavy atom. The predicted molar refractivity (Wildman–Crippen MR) is 79.1 cm³/mol. The molecule has 0 saturated carbocycles. The topological polar surface area (TPSA) is 113 Å². The number of hydrogen-bond donors (Lipinski definition) is 4. The van der Waals surface area contributed by atoms with Crippen LogP contribution in [0.2, 0.25) is 0 Å². The highest BCUT2D eigenvalue weighted by Gasteiger charge is 2.16. The Labute approximate surface area is 118 Å². The van der Waals surface area contributed by atoms with Gasteiger partial charge in [-0.15, -0.1) is 0 Å². The first kappa shape index (κ1) is 14.6. The average Bonchev–Trinajstić information content (AvgIpc) is 2.34. The van der Waals surface area contributed by atoms with Crippen molar-refractivity contribution < 1.29 is 13.2 Å². The largest absolute Gasteiger partial charge is 0.397 e. The summed E-state index contributed by atoms with van der Waals surface area (Å²) in [7, 11) is -3.19. The second-order valence-electron chi connectivity index (χ2n) is 4.74. The fraction of sp³-hybridized carbons (Fsp3) is 0.417. The Bertz CT molecular complexity index is 628. The molecule has 0 fully saturated rings. The van der Waals surface area contributed by atoms with E-state index in [4.69, 9.17) is 5.73 Å².